The van der Waals surface area contributed by atoms with Crippen molar-refractivity contribution in [2.24, 2.45) is 0 Å². The molecule has 3 rings (SSSR count). The molecule has 3 aromatic rings. The molecular formula is C19H20Cl3NO2. The average Bonchev–Trinajstić information content (AvgIpc) is 2.60. The summed E-state index contributed by atoms with van der Waals surface area (Å²) in [6.45, 7) is 1.94. The highest BCUT2D eigenvalue weighted by molar-refractivity contribution is 6.38. The summed E-state index contributed by atoms with van der Waals surface area (Å²) in [5.74, 6) is 0. The fourth-order valence-electron chi connectivity index (χ4n) is 2.84. The van der Waals surface area contributed by atoms with E-state index in [1.807, 2.05) is 42.5 Å². The summed E-state index contributed by atoms with van der Waals surface area (Å²) in [5, 5.41) is 27.5. The predicted molar refractivity (Wildman–Crippen MR) is 108 cm³/mol. The van der Waals surface area contributed by atoms with Crippen LogP contribution in [0.5, 0.6) is 0 Å². The molecule has 0 saturated heterocycles. The number of hydrogen-bond acceptors (Lipinski definition) is 3. The van der Waals surface area contributed by atoms with Crippen molar-refractivity contribution >= 4 is 57.2 Å². The summed E-state index contributed by atoms with van der Waals surface area (Å²) in [7, 11) is 0. The SMILES string of the molecule is CC(CO)(CO)NCc1c2cccc(Cl)c2cc2c(Cl)cccc12.Cl. The highest BCUT2D eigenvalue weighted by atomic mass is 35.5. The number of aliphatic hydroxyl groups is 2. The molecule has 0 aliphatic rings. The highest BCUT2D eigenvalue weighted by Gasteiger charge is 2.22. The van der Waals surface area contributed by atoms with Crippen molar-refractivity contribution in [3.8, 4) is 0 Å². The van der Waals surface area contributed by atoms with Gasteiger partial charge in [0.25, 0.3) is 0 Å². The molecule has 0 radical (unpaired) electrons. The van der Waals surface area contributed by atoms with E-state index >= 15 is 0 Å². The maximum absolute atomic E-state index is 9.51. The van der Waals surface area contributed by atoms with Gasteiger partial charge in [-0.1, -0.05) is 47.5 Å². The standard InChI is InChI=1S/C19H19Cl2NO2.ClH/c1-19(10-23,11-24)22-9-16-12-4-2-6-17(20)14(12)8-15-13(16)5-3-7-18(15)21;/h2-8,22-24H,9-11H2,1H3;1H. The van der Waals surface area contributed by atoms with Crippen LogP contribution in [0.15, 0.2) is 42.5 Å². The molecule has 0 saturated carbocycles. The first-order valence-electron chi connectivity index (χ1n) is 7.74. The van der Waals surface area contributed by atoms with Crippen LogP contribution < -0.4 is 5.32 Å². The van der Waals surface area contributed by atoms with Gasteiger partial charge in [-0.05, 0) is 41.5 Å². The lowest BCUT2D eigenvalue weighted by Crippen LogP contribution is -2.48. The zero-order chi connectivity index (χ0) is 17.3. The van der Waals surface area contributed by atoms with Gasteiger partial charge in [0, 0.05) is 27.4 Å². The Bertz CT molecular complexity index is 835. The summed E-state index contributed by atoms with van der Waals surface area (Å²) in [5.41, 5.74) is 0.284. The normalized spacial score (nSPS) is 11.7. The molecule has 134 valence electrons. The van der Waals surface area contributed by atoms with Gasteiger partial charge >= 0.3 is 0 Å². The Balaban J connectivity index is 0.00000225. The number of nitrogens with one attached hydrogen (secondary N) is 1. The van der Waals surface area contributed by atoms with Crippen LogP contribution in [0.3, 0.4) is 0 Å². The second-order valence-electron chi connectivity index (χ2n) is 6.26. The van der Waals surface area contributed by atoms with Gasteiger partial charge in [-0.3, -0.25) is 0 Å². The molecule has 0 aromatic heterocycles. The van der Waals surface area contributed by atoms with Crippen molar-refractivity contribution < 1.29 is 10.2 Å². The van der Waals surface area contributed by atoms with Crippen molar-refractivity contribution in [3.05, 3.63) is 58.1 Å². The van der Waals surface area contributed by atoms with Crippen LogP contribution in [-0.4, -0.2) is 29.0 Å². The predicted octanol–water partition coefficient (Wildman–Crippen LogP) is 4.55. The lowest BCUT2D eigenvalue weighted by molar-refractivity contribution is 0.103. The Morgan fingerprint density at radius 3 is 1.80 bits per heavy atom. The number of rotatable bonds is 5. The lowest BCUT2D eigenvalue weighted by atomic mass is 9.95. The third-order valence-electron chi connectivity index (χ3n) is 4.43. The van der Waals surface area contributed by atoms with Crippen LogP contribution in [-0.2, 0) is 6.54 Å². The number of benzene rings is 3. The molecule has 3 N–H and O–H groups in total. The molecule has 0 aliphatic carbocycles. The molecule has 0 unspecified atom stereocenters. The van der Waals surface area contributed by atoms with Crippen LogP contribution in [0.2, 0.25) is 10.0 Å². The maximum atomic E-state index is 9.51. The van der Waals surface area contributed by atoms with Gasteiger partial charge in [-0.15, -0.1) is 12.4 Å². The molecule has 0 atom stereocenters. The van der Waals surface area contributed by atoms with Gasteiger partial charge in [0.2, 0.25) is 0 Å². The monoisotopic (exact) mass is 399 g/mol. The molecule has 6 heteroatoms. The quantitative estimate of drug-likeness (QED) is 0.551. The number of hydrogen-bond donors (Lipinski definition) is 3. The minimum atomic E-state index is -0.758. The maximum Gasteiger partial charge on any atom is 0.0633 e. The summed E-state index contributed by atoms with van der Waals surface area (Å²) < 4.78 is 0. The van der Waals surface area contributed by atoms with Crippen molar-refractivity contribution in [3.63, 3.8) is 0 Å². The molecule has 0 spiro atoms. The van der Waals surface area contributed by atoms with Crippen LogP contribution in [0.1, 0.15) is 12.5 Å². The molecule has 0 aliphatic heterocycles. The molecule has 3 aromatic carbocycles. The molecule has 3 nitrogen and oxygen atoms in total. The Hall–Kier alpha value is -1.07. The highest BCUT2D eigenvalue weighted by Crippen LogP contribution is 2.35. The largest absolute Gasteiger partial charge is 0.394 e. The fraction of sp³-hybridized carbons (Fsp3) is 0.263. The molecule has 0 heterocycles. The van der Waals surface area contributed by atoms with E-state index in [9.17, 15) is 10.2 Å². The lowest BCUT2D eigenvalue weighted by Gasteiger charge is -2.27. The van der Waals surface area contributed by atoms with E-state index in [1.165, 1.54) is 0 Å². The van der Waals surface area contributed by atoms with Crippen LogP contribution in [0, 0.1) is 0 Å². The van der Waals surface area contributed by atoms with Gasteiger partial charge in [-0.25, -0.2) is 0 Å². The second-order valence-corrected chi connectivity index (χ2v) is 7.07. The van der Waals surface area contributed by atoms with E-state index in [0.717, 1.165) is 27.1 Å². The minimum Gasteiger partial charge on any atom is -0.394 e. The van der Waals surface area contributed by atoms with Crippen LogP contribution in [0.25, 0.3) is 21.5 Å². The zero-order valence-corrected chi connectivity index (χ0v) is 16.0. The van der Waals surface area contributed by atoms with E-state index in [-0.39, 0.29) is 25.6 Å². The van der Waals surface area contributed by atoms with E-state index in [0.29, 0.717) is 16.6 Å². The van der Waals surface area contributed by atoms with Crippen molar-refractivity contribution in [2.45, 2.75) is 19.0 Å². The summed E-state index contributed by atoms with van der Waals surface area (Å²) in [4.78, 5) is 0. The Labute approximate surface area is 163 Å². The minimum absolute atomic E-state index is 0. The summed E-state index contributed by atoms with van der Waals surface area (Å²) in [6, 6.07) is 13.6. The van der Waals surface area contributed by atoms with Crippen LogP contribution in [0.4, 0.5) is 0 Å². The summed E-state index contributed by atoms with van der Waals surface area (Å²) >= 11 is 12.8. The second kappa shape index (κ2) is 8.09. The Kier molecular flexibility index (Phi) is 6.55. The van der Waals surface area contributed by atoms with E-state index in [1.54, 1.807) is 6.92 Å². The first kappa shape index (κ1) is 20.2. The Morgan fingerprint density at radius 2 is 1.36 bits per heavy atom. The van der Waals surface area contributed by atoms with Gasteiger partial charge in [-0.2, -0.15) is 0 Å². The summed E-state index contributed by atoms with van der Waals surface area (Å²) in [6.07, 6.45) is 0. The van der Waals surface area contributed by atoms with Crippen molar-refractivity contribution in [1.82, 2.24) is 5.32 Å². The topological polar surface area (TPSA) is 52.5 Å². The van der Waals surface area contributed by atoms with Gasteiger partial charge in [0.05, 0.1) is 18.8 Å². The van der Waals surface area contributed by atoms with Crippen LogP contribution >= 0.6 is 35.6 Å². The van der Waals surface area contributed by atoms with E-state index in [2.05, 4.69) is 5.32 Å². The molecular weight excluding hydrogens is 381 g/mol. The number of aliphatic hydroxyl groups excluding tert-OH is 2. The third-order valence-corrected chi connectivity index (χ3v) is 5.09. The van der Waals surface area contributed by atoms with Crippen molar-refractivity contribution in [1.29, 1.82) is 0 Å². The number of halogens is 3. The molecule has 25 heavy (non-hydrogen) atoms. The third kappa shape index (κ3) is 3.87. The van der Waals surface area contributed by atoms with Crippen molar-refractivity contribution in [2.75, 3.05) is 13.2 Å². The zero-order valence-electron chi connectivity index (χ0n) is 13.7. The first-order chi connectivity index (χ1) is 11.5. The van der Waals surface area contributed by atoms with Gasteiger partial charge < -0.3 is 15.5 Å². The molecule has 0 fully saturated rings. The Morgan fingerprint density at radius 1 is 0.880 bits per heavy atom. The fourth-order valence-corrected chi connectivity index (χ4v) is 3.30. The van der Waals surface area contributed by atoms with E-state index in [4.69, 9.17) is 23.2 Å². The average molecular weight is 401 g/mol. The van der Waals surface area contributed by atoms with E-state index < -0.39 is 5.54 Å². The first-order valence-corrected chi connectivity index (χ1v) is 8.50. The molecule has 0 amide bonds. The number of fused-ring (bicyclic) bond motifs is 2. The van der Waals surface area contributed by atoms with Gasteiger partial charge in [0.15, 0.2) is 0 Å². The van der Waals surface area contributed by atoms with Gasteiger partial charge in [0.1, 0.15) is 0 Å². The smallest absolute Gasteiger partial charge is 0.0633 e. The molecule has 0 bridgehead atoms.